The van der Waals surface area contributed by atoms with Gasteiger partial charge in [-0.25, -0.2) is 0 Å². The molecule has 6 nitrogen and oxygen atoms in total. The highest BCUT2D eigenvalue weighted by molar-refractivity contribution is 5.91. The summed E-state index contributed by atoms with van der Waals surface area (Å²) >= 11 is 0. The van der Waals surface area contributed by atoms with Crippen LogP contribution in [0.25, 0.3) is 0 Å². The summed E-state index contributed by atoms with van der Waals surface area (Å²) in [5.74, 6) is 0.560. The third kappa shape index (κ3) is 3.98. The van der Waals surface area contributed by atoms with Gasteiger partial charge in [-0.3, -0.25) is 14.3 Å². The first kappa shape index (κ1) is 22.2. The number of nitrogens with zero attached hydrogens (tertiary/aromatic N) is 4. The van der Waals surface area contributed by atoms with Gasteiger partial charge in [0.1, 0.15) is 0 Å². The monoisotopic (exact) mass is 448 g/mol. The molecule has 1 atom stereocenters. The lowest BCUT2D eigenvalue weighted by Gasteiger charge is -2.61. The zero-order valence-corrected chi connectivity index (χ0v) is 20.0. The van der Waals surface area contributed by atoms with E-state index in [9.17, 15) is 9.59 Å². The van der Waals surface area contributed by atoms with Crippen molar-refractivity contribution in [3.8, 4) is 0 Å². The molecule has 5 rings (SSSR count). The van der Waals surface area contributed by atoms with E-state index in [1.54, 1.807) is 0 Å². The van der Waals surface area contributed by atoms with Gasteiger partial charge in [0.2, 0.25) is 11.8 Å². The average molecular weight is 449 g/mol. The van der Waals surface area contributed by atoms with Crippen LogP contribution in [-0.2, 0) is 16.1 Å². The second-order valence-electron chi connectivity index (χ2n) is 10.3. The van der Waals surface area contributed by atoms with E-state index in [-0.39, 0.29) is 23.4 Å². The SMILES string of the molecule is Cc1cc(C)n(CCC(=O)N2CCC(N3C(=O)C4(CCCCC4)C3c3ccccc3)CC2)n1. The Morgan fingerprint density at radius 2 is 1.76 bits per heavy atom. The number of carbonyl (C=O) groups is 2. The molecule has 0 bridgehead atoms. The van der Waals surface area contributed by atoms with Crippen LogP contribution in [-0.4, -0.2) is 50.5 Å². The Kier molecular flexibility index (Phi) is 6.02. The molecular formula is C27H36N4O2. The Morgan fingerprint density at radius 3 is 2.39 bits per heavy atom. The van der Waals surface area contributed by atoms with Crippen LogP contribution in [0.2, 0.25) is 0 Å². The summed E-state index contributed by atoms with van der Waals surface area (Å²) in [6.07, 6.45) is 7.82. The molecule has 2 aliphatic heterocycles. The molecule has 1 saturated carbocycles. The predicted molar refractivity (Wildman–Crippen MR) is 127 cm³/mol. The van der Waals surface area contributed by atoms with Gasteiger partial charge in [-0.05, 0) is 51.2 Å². The van der Waals surface area contributed by atoms with Crippen LogP contribution in [0.1, 0.15) is 74.4 Å². The quantitative estimate of drug-likeness (QED) is 0.637. The molecule has 1 spiro atoms. The summed E-state index contributed by atoms with van der Waals surface area (Å²) in [5.41, 5.74) is 3.18. The number of piperidine rings is 1. The van der Waals surface area contributed by atoms with Crippen molar-refractivity contribution in [3.05, 3.63) is 53.3 Å². The summed E-state index contributed by atoms with van der Waals surface area (Å²) in [5, 5.41) is 4.47. The van der Waals surface area contributed by atoms with Crippen LogP contribution in [0.3, 0.4) is 0 Å². The molecule has 1 unspecified atom stereocenters. The molecule has 33 heavy (non-hydrogen) atoms. The molecule has 1 aromatic heterocycles. The van der Waals surface area contributed by atoms with E-state index in [0.29, 0.717) is 18.9 Å². The van der Waals surface area contributed by atoms with Gasteiger partial charge in [0.25, 0.3) is 0 Å². The van der Waals surface area contributed by atoms with E-state index in [0.717, 1.165) is 63.0 Å². The van der Waals surface area contributed by atoms with Gasteiger partial charge in [-0.15, -0.1) is 0 Å². The van der Waals surface area contributed by atoms with Gasteiger partial charge in [0.05, 0.1) is 17.2 Å². The third-order valence-electron chi connectivity index (χ3n) is 8.17. The van der Waals surface area contributed by atoms with Gasteiger partial charge in [0.15, 0.2) is 0 Å². The summed E-state index contributed by atoms with van der Waals surface area (Å²) in [6, 6.07) is 13.1. The first-order valence-corrected chi connectivity index (χ1v) is 12.7. The molecule has 2 aromatic rings. The zero-order valence-electron chi connectivity index (χ0n) is 20.0. The van der Waals surface area contributed by atoms with E-state index in [1.807, 2.05) is 29.5 Å². The van der Waals surface area contributed by atoms with E-state index >= 15 is 0 Å². The summed E-state index contributed by atoms with van der Waals surface area (Å²) < 4.78 is 1.92. The largest absolute Gasteiger partial charge is 0.342 e. The number of carbonyl (C=O) groups excluding carboxylic acids is 2. The normalized spacial score (nSPS) is 23.1. The van der Waals surface area contributed by atoms with Crippen LogP contribution in [0.15, 0.2) is 36.4 Å². The second-order valence-corrected chi connectivity index (χ2v) is 10.3. The number of benzene rings is 1. The molecular weight excluding hydrogens is 412 g/mol. The Labute approximate surface area is 196 Å². The van der Waals surface area contributed by atoms with Crippen LogP contribution >= 0.6 is 0 Å². The Hall–Kier alpha value is -2.63. The fourth-order valence-corrected chi connectivity index (χ4v) is 6.51. The number of hydrogen-bond acceptors (Lipinski definition) is 3. The highest BCUT2D eigenvalue weighted by Gasteiger charge is 2.62. The minimum atomic E-state index is -0.188. The number of amides is 2. The van der Waals surface area contributed by atoms with Gasteiger partial charge in [0, 0.05) is 37.8 Å². The highest BCUT2D eigenvalue weighted by atomic mass is 16.2. The van der Waals surface area contributed by atoms with Crippen molar-refractivity contribution >= 4 is 11.8 Å². The molecule has 2 amide bonds. The molecule has 3 fully saturated rings. The average Bonchev–Trinajstić information content (AvgIpc) is 3.18. The fraction of sp³-hybridized carbons (Fsp3) is 0.593. The molecule has 3 heterocycles. The maximum Gasteiger partial charge on any atom is 0.232 e. The van der Waals surface area contributed by atoms with Gasteiger partial charge < -0.3 is 9.80 Å². The summed E-state index contributed by atoms with van der Waals surface area (Å²) in [6.45, 7) is 6.11. The predicted octanol–water partition coefficient (Wildman–Crippen LogP) is 4.42. The van der Waals surface area contributed by atoms with Crippen LogP contribution < -0.4 is 0 Å². The molecule has 3 aliphatic rings. The Morgan fingerprint density at radius 1 is 1.06 bits per heavy atom. The minimum Gasteiger partial charge on any atom is -0.342 e. The van der Waals surface area contributed by atoms with E-state index in [1.165, 1.54) is 12.0 Å². The molecule has 0 N–H and O–H groups in total. The van der Waals surface area contributed by atoms with Gasteiger partial charge >= 0.3 is 0 Å². The summed E-state index contributed by atoms with van der Waals surface area (Å²) in [7, 11) is 0. The van der Waals surface area contributed by atoms with Crippen LogP contribution in [0, 0.1) is 19.3 Å². The summed E-state index contributed by atoms with van der Waals surface area (Å²) in [4.78, 5) is 30.6. The lowest BCUT2D eigenvalue weighted by Crippen LogP contribution is -2.67. The molecule has 1 aromatic carbocycles. The Balaban J connectivity index is 1.23. The van der Waals surface area contributed by atoms with Crippen LogP contribution in [0.5, 0.6) is 0 Å². The van der Waals surface area contributed by atoms with E-state index in [4.69, 9.17) is 0 Å². The number of β-lactam (4-membered cyclic amide) rings is 1. The number of aryl methyl sites for hydroxylation is 3. The number of likely N-dealkylation sites (tertiary alicyclic amines) is 2. The van der Waals surface area contributed by atoms with Crippen molar-refractivity contribution in [2.75, 3.05) is 13.1 Å². The standard InChI is InChI=1S/C27H36N4O2/c1-20-19-21(2)30(28-20)18-13-24(32)29-16-11-23(12-17-29)31-25(22-9-5-3-6-10-22)27(26(31)33)14-7-4-8-15-27/h3,5-6,9-10,19,23,25H,4,7-8,11-18H2,1-2H3. The number of rotatable bonds is 5. The molecule has 176 valence electrons. The zero-order chi connectivity index (χ0) is 23.0. The lowest BCUT2D eigenvalue weighted by molar-refractivity contribution is -0.186. The molecule has 1 aliphatic carbocycles. The lowest BCUT2D eigenvalue weighted by atomic mass is 9.59. The molecule has 2 saturated heterocycles. The first-order chi connectivity index (χ1) is 16.0. The maximum atomic E-state index is 13.6. The number of hydrogen-bond donors (Lipinski definition) is 0. The van der Waals surface area contributed by atoms with Crippen molar-refractivity contribution in [2.24, 2.45) is 5.41 Å². The van der Waals surface area contributed by atoms with Crippen LogP contribution in [0.4, 0.5) is 0 Å². The smallest absolute Gasteiger partial charge is 0.232 e. The third-order valence-corrected chi connectivity index (χ3v) is 8.17. The second kappa shape index (κ2) is 8.96. The Bertz CT molecular complexity index is 1000. The van der Waals surface area contributed by atoms with E-state index in [2.05, 4.69) is 40.3 Å². The highest BCUT2D eigenvalue weighted by Crippen LogP contribution is 2.59. The van der Waals surface area contributed by atoms with Crippen molar-refractivity contribution in [2.45, 2.75) is 83.8 Å². The minimum absolute atomic E-state index is 0.188. The topological polar surface area (TPSA) is 58.4 Å². The van der Waals surface area contributed by atoms with Crippen molar-refractivity contribution in [3.63, 3.8) is 0 Å². The van der Waals surface area contributed by atoms with Crippen molar-refractivity contribution < 1.29 is 9.59 Å². The first-order valence-electron chi connectivity index (χ1n) is 12.7. The van der Waals surface area contributed by atoms with Crippen molar-refractivity contribution in [1.82, 2.24) is 19.6 Å². The maximum absolute atomic E-state index is 13.6. The molecule has 6 heteroatoms. The van der Waals surface area contributed by atoms with Gasteiger partial charge in [-0.2, -0.15) is 5.10 Å². The van der Waals surface area contributed by atoms with Gasteiger partial charge in [-0.1, -0.05) is 49.6 Å². The van der Waals surface area contributed by atoms with Crippen molar-refractivity contribution in [1.29, 1.82) is 0 Å². The van der Waals surface area contributed by atoms with E-state index < -0.39 is 0 Å². The molecule has 0 radical (unpaired) electrons. The number of aromatic nitrogens is 2. The fourth-order valence-electron chi connectivity index (χ4n) is 6.51.